The lowest BCUT2D eigenvalue weighted by atomic mass is 9.99. The molecule has 0 bridgehead atoms. The fourth-order valence-electron chi connectivity index (χ4n) is 16.6. The molecule has 12 aromatic rings. The topological polar surface area (TPSA) is 697 Å². The van der Waals surface area contributed by atoms with Crippen LogP contribution in [0.4, 0.5) is 0 Å². The molecule has 0 aliphatic carbocycles. The molecule has 136 heavy (non-hydrogen) atoms. The van der Waals surface area contributed by atoms with Crippen LogP contribution in [0, 0.1) is 27.6 Å². The third-order valence-corrected chi connectivity index (χ3v) is 23.9. The first-order valence-electron chi connectivity index (χ1n) is 45.1. The number of nitrogens with two attached hydrogens (primary N) is 5. The number of fused-ring (bicyclic) bond motifs is 6. The summed E-state index contributed by atoms with van der Waals surface area (Å²) in [6, 6.07) is 27.0. The molecule has 6 aromatic carbocycles. The molecular formula is C95H119N29O12. The highest BCUT2D eigenvalue weighted by atomic mass is 16.4. The molecule has 0 aliphatic heterocycles. The molecule has 0 unspecified atom stereocenters. The van der Waals surface area contributed by atoms with Gasteiger partial charge in [0.25, 0.3) is 0 Å². The summed E-state index contributed by atoms with van der Waals surface area (Å²) in [5.41, 5.74) is 36.9. The second kappa shape index (κ2) is 47.2. The van der Waals surface area contributed by atoms with Crippen LogP contribution < -0.4 is 103 Å². The molecule has 6 aromatic heterocycles. The minimum atomic E-state index is -1.64. The van der Waals surface area contributed by atoms with Crippen LogP contribution >= 0.6 is 0 Å². The molecule has 41 nitrogen and oxygen atoms in total. The van der Waals surface area contributed by atoms with E-state index in [-0.39, 0.29) is 122 Å². The lowest BCUT2D eigenvalue weighted by Crippen LogP contribution is -2.61. The van der Waals surface area contributed by atoms with Gasteiger partial charge in [0.2, 0.25) is 59.1 Å². The zero-order chi connectivity index (χ0) is 97.1. The standard InChI is InChI=1S/C95H119N29O12/c1-51(2)80(96)90(134)123-78(43-56-49-113-68-29-13-7-23-62(56)68)88(132)122-75(40-53-46-110-65-26-10-4-20-59(53)65)86(130)118-71(32-16-36-106-93(99)100)81(125)115-72(33-17-37-107-94(101)102)83(127)119-76(41-54-47-111-66-27-11-5-21-60(54)66)87(131)121-74(39-52-45-109-64-25-9-3-19-58(52)64)85(129)117-70(31-15-35-105-92(97)98)82(126)116-73(34-18-38-108-95(103)104)84(128)120-77(42-55-48-112-67-28-12-6-22-61(55)67)89(133)124-79(91(135)136)44-57-50-114-69-30-14-8-24-63(57)69/h3-14,19-30,45-51,70-80,109-114H,15-18,31-44,96H2,1-2H3,(H,115,125)(H,116,126)(H,117,129)(H,118,130)(H,119,127)(H,120,128)(H,121,131)(H,122,132)(H,123,134)(H,124,133)(H,135,136)(H4,97,98,105)(H4,99,100,106)(H4,101,102,107)(H4,103,104,108)/t70-,71-,72-,73-,74-,75-,76-,77-,78-,79-,80-/m0/s1. The smallest absolute Gasteiger partial charge is 0.326 e. The average Bonchev–Trinajstić information content (AvgIpc) is 1.66. The second-order valence-electron chi connectivity index (χ2n) is 34.0. The van der Waals surface area contributed by atoms with E-state index in [1.807, 2.05) is 66.7 Å². The summed E-state index contributed by atoms with van der Waals surface area (Å²) < 4.78 is 0. The van der Waals surface area contributed by atoms with E-state index >= 15 is 38.4 Å². The molecular weight excluding hydrogens is 1740 g/mol. The van der Waals surface area contributed by atoms with E-state index in [1.54, 1.807) is 130 Å². The van der Waals surface area contributed by atoms with Gasteiger partial charge in [0.1, 0.15) is 60.4 Å². The van der Waals surface area contributed by atoms with Crippen molar-refractivity contribution in [3.63, 3.8) is 0 Å². The number of carbonyl (C=O) groups is 11. The monoisotopic (exact) mass is 1860 g/mol. The number of hydrogen-bond donors (Lipinski definition) is 30. The number of nitrogens with one attached hydrogen (secondary N) is 24. The van der Waals surface area contributed by atoms with E-state index in [9.17, 15) is 19.5 Å². The maximum atomic E-state index is 16.0. The van der Waals surface area contributed by atoms with Crippen molar-refractivity contribution >= 4 is 154 Å². The van der Waals surface area contributed by atoms with Crippen LogP contribution in [0.15, 0.2) is 183 Å². The van der Waals surface area contributed by atoms with E-state index in [2.05, 4.69) is 104 Å². The largest absolute Gasteiger partial charge is 0.480 e. The molecule has 0 fully saturated rings. The Morgan fingerprint density at radius 3 is 0.632 bits per heavy atom. The van der Waals surface area contributed by atoms with Gasteiger partial charge in [0.05, 0.1) is 6.04 Å². The van der Waals surface area contributed by atoms with Crippen LogP contribution in [0.5, 0.6) is 0 Å². The molecule has 11 atom stereocenters. The Labute approximate surface area is 781 Å². The van der Waals surface area contributed by atoms with Crippen LogP contribution in [0.25, 0.3) is 65.4 Å². The van der Waals surface area contributed by atoms with Crippen molar-refractivity contribution in [3.8, 4) is 0 Å². The molecule has 0 aliphatic rings. The number of carbonyl (C=O) groups excluding carboxylic acids is 10. The maximum absolute atomic E-state index is 16.0. The number of aromatic nitrogens is 6. The van der Waals surface area contributed by atoms with Crippen LogP contribution in [-0.4, -0.2) is 217 Å². The van der Waals surface area contributed by atoms with Gasteiger partial charge in [0.15, 0.2) is 23.8 Å². The molecule has 6 heterocycles. The highest BCUT2D eigenvalue weighted by Crippen LogP contribution is 2.27. The zero-order valence-corrected chi connectivity index (χ0v) is 75.3. The molecule has 10 amide bonds. The summed E-state index contributed by atoms with van der Waals surface area (Å²) in [7, 11) is 0. The molecule has 0 radical (unpaired) electrons. The van der Waals surface area contributed by atoms with E-state index in [4.69, 9.17) is 50.3 Å². The van der Waals surface area contributed by atoms with Crippen molar-refractivity contribution in [2.24, 2.45) is 34.6 Å². The molecule has 41 heteroatoms. The summed E-state index contributed by atoms with van der Waals surface area (Å²) >= 11 is 0. The van der Waals surface area contributed by atoms with Gasteiger partial charge in [-0.2, -0.15) is 0 Å². The molecule has 716 valence electrons. The number of carboxylic acids is 1. The van der Waals surface area contributed by atoms with Gasteiger partial charge in [-0.3, -0.25) is 69.6 Å². The van der Waals surface area contributed by atoms with E-state index in [0.717, 1.165) is 21.8 Å². The molecule has 0 saturated carbocycles. The Hall–Kier alpha value is -16.2. The van der Waals surface area contributed by atoms with E-state index in [1.165, 1.54) is 0 Å². The first-order chi connectivity index (χ1) is 65.4. The number of rotatable bonds is 50. The Morgan fingerprint density at radius 2 is 0.441 bits per heavy atom. The maximum Gasteiger partial charge on any atom is 0.326 e. The van der Waals surface area contributed by atoms with Crippen LogP contribution in [-0.2, 0) is 91.3 Å². The van der Waals surface area contributed by atoms with Gasteiger partial charge >= 0.3 is 5.97 Å². The van der Waals surface area contributed by atoms with E-state index in [0.29, 0.717) is 77.0 Å². The fourth-order valence-corrected chi connectivity index (χ4v) is 16.6. The molecule has 35 N–H and O–H groups in total. The molecule has 0 spiro atoms. The predicted molar refractivity (Wildman–Crippen MR) is 518 cm³/mol. The fraction of sp³-hybridized carbons (Fsp3) is 0.337. The third kappa shape index (κ3) is 27.0. The van der Waals surface area contributed by atoms with Gasteiger partial charge in [-0.15, -0.1) is 0 Å². The van der Waals surface area contributed by atoms with Crippen molar-refractivity contribution in [1.29, 1.82) is 21.6 Å². The predicted octanol–water partition coefficient (Wildman–Crippen LogP) is 2.30. The summed E-state index contributed by atoms with van der Waals surface area (Å²) in [5.74, 6) is -12.2. The Morgan fingerprint density at radius 1 is 0.272 bits per heavy atom. The van der Waals surface area contributed by atoms with Crippen molar-refractivity contribution in [1.82, 2.24) is 104 Å². The van der Waals surface area contributed by atoms with Crippen LogP contribution in [0.3, 0.4) is 0 Å². The second-order valence-corrected chi connectivity index (χ2v) is 34.0. The number of benzene rings is 6. The Kier molecular flexibility index (Phi) is 34.3. The lowest BCUT2D eigenvalue weighted by Gasteiger charge is -2.29. The summed E-state index contributed by atoms with van der Waals surface area (Å²) in [6.45, 7) is 3.53. The zero-order valence-electron chi connectivity index (χ0n) is 75.3. The number of carboxylic acid groups (broad SMARTS) is 1. The number of hydrogen-bond acceptors (Lipinski definition) is 16. The Balaban J connectivity index is 0.847. The number of aliphatic carboxylic acids is 1. The quantitative estimate of drug-likeness (QED) is 0.0148. The number of para-hydroxylation sites is 6. The highest BCUT2D eigenvalue weighted by Gasteiger charge is 2.39. The molecule has 12 rings (SSSR count). The summed E-state index contributed by atoms with van der Waals surface area (Å²) in [5, 5.41) is 85.7. The van der Waals surface area contributed by atoms with Crippen molar-refractivity contribution < 1.29 is 57.8 Å². The van der Waals surface area contributed by atoms with Gasteiger partial charge in [0, 0.05) is 167 Å². The minimum absolute atomic E-state index is 0.00875. The minimum Gasteiger partial charge on any atom is -0.480 e. The lowest BCUT2D eigenvalue weighted by molar-refractivity contribution is -0.142. The SMILES string of the molecule is CC(C)[C@H](N)C(=O)N[C@@H](Cc1c[nH]c2ccccc12)C(=O)N[C@@H](Cc1c[nH]c2ccccc12)C(=O)N[C@@H](CCCNC(=N)N)C(=O)N[C@@H](CCCNC(=N)N)C(=O)N[C@@H](Cc1c[nH]c2ccccc12)C(=O)N[C@@H](Cc1c[nH]c2ccccc12)C(=O)N[C@@H](CCCNC(=N)N)C(=O)N[C@@H](CCCNC(=N)N)C(=O)N[C@@H](Cc1c[nH]c2ccccc12)C(=O)N[C@@H](Cc1c[nH]c2ccccc12)C(=O)O. The average molecular weight is 1860 g/mol. The number of amides is 10. The van der Waals surface area contributed by atoms with Crippen molar-refractivity contribution in [3.05, 3.63) is 216 Å². The first kappa shape index (κ1) is 98.8. The van der Waals surface area contributed by atoms with Crippen molar-refractivity contribution in [2.45, 2.75) is 170 Å². The van der Waals surface area contributed by atoms with Gasteiger partial charge in [-0.1, -0.05) is 123 Å². The van der Waals surface area contributed by atoms with E-state index < -0.39 is 155 Å². The number of aromatic amines is 6. The summed E-state index contributed by atoms with van der Waals surface area (Å²) in [6.07, 6.45) is 8.24. The summed E-state index contributed by atoms with van der Waals surface area (Å²) in [4.78, 5) is 186. The van der Waals surface area contributed by atoms with Crippen molar-refractivity contribution in [2.75, 3.05) is 26.2 Å². The van der Waals surface area contributed by atoms with Gasteiger partial charge < -0.3 is 138 Å². The van der Waals surface area contributed by atoms with Crippen LogP contribution in [0.1, 0.15) is 98.6 Å². The Bertz CT molecular complexity index is 6230. The van der Waals surface area contributed by atoms with Gasteiger partial charge in [-0.05, 0) is 127 Å². The molecule has 0 saturated heterocycles. The number of guanidine groups is 4. The first-order valence-corrected chi connectivity index (χ1v) is 45.1. The third-order valence-electron chi connectivity index (χ3n) is 23.9. The van der Waals surface area contributed by atoms with Gasteiger partial charge in [-0.25, -0.2) is 4.79 Å². The number of H-pyrrole nitrogens is 6. The van der Waals surface area contributed by atoms with Crippen LogP contribution in [0.2, 0.25) is 0 Å². The highest BCUT2D eigenvalue weighted by molar-refractivity contribution is 6.02. The normalized spacial score (nSPS) is 13.8.